The molecule has 2 aromatic rings. The fourth-order valence-electron chi connectivity index (χ4n) is 3.76. The summed E-state index contributed by atoms with van der Waals surface area (Å²) in [5, 5.41) is 9.78. The first kappa shape index (κ1) is 19.8. The molecule has 1 aromatic heterocycles. The molecule has 2 N–H and O–H groups in total. The van der Waals surface area contributed by atoms with E-state index < -0.39 is 29.7 Å². The fourth-order valence-corrected chi connectivity index (χ4v) is 3.76. The Kier molecular flexibility index (Phi) is 5.11. The van der Waals surface area contributed by atoms with E-state index in [4.69, 9.17) is 0 Å². The number of aromatic nitrogens is 2. The van der Waals surface area contributed by atoms with E-state index in [-0.39, 0.29) is 24.0 Å². The first-order valence-electron chi connectivity index (χ1n) is 10.0. The van der Waals surface area contributed by atoms with Gasteiger partial charge in [-0.05, 0) is 31.9 Å². The summed E-state index contributed by atoms with van der Waals surface area (Å²) in [7, 11) is 0. The highest BCUT2D eigenvalue weighted by Gasteiger charge is 2.45. The molecule has 1 fully saturated rings. The molecule has 30 heavy (non-hydrogen) atoms. The molecule has 0 bridgehead atoms. The lowest BCUT2D eigenvalue weighted by molar-refractivity contribution is -0.136. The molecule has 156 valence electrons. The maximum Gasteiger partial charge on any atom is 0.264 e. The third kappa shape index (κ3) is 3.36. The van der Waals surface area contributed by atoms with Crippen LogP contribution in [0.1, 0.15) is 65.4 Å². The Labute approximate surface area is 173 Å². The number of nitrogens with one attached hydrogen (secondary N) is 2. The summed E-state index contributed by atoms with van der Waals surface area (Å²) in [6.07, 6.45) is 4.91. The van der Waals surface area contributed by atoms with Crippen molar-refractivity contribution in [1.82, 2.24) is 20.0 Å². The van der Waals surface area contributed by atoms with E-state index in [1.807, 2.05) is 10.9 Å². The average molecular weight is 409 g/mol. The van der Waals surface area contributed by atoms with Gasteiger partial charge in [0.2, 0.25) is 11.8 Å². The normalized spacial score (nSPS) is 19.7. The average Bonchev–Trinajstić information content (AvgIpc) is 3.30. The molecule has 1 saturated heterocycles. The van der Waals surface area contributed by atoms with Crippen molar-refractivity contribution >= 4 is 29.3 Å². The zero-order valence-corrected chi connectivity index (χ0v) is 16.8. The fraction of sp³-hybridized carbons (Fsp3) is 0.381. The Bertz CT molecular complexity index is 1040. The lowest BCUT2D eigenvalue weighted by Crippen LogP contribution is -2.54. The lowest BCUT2D eigenvalue weighted by Gasteiger charge is -2.27. The summed E-state index contributed by atoms with van der Waals surface area (Å²) in [6.45, 7) is 4.61. The second-order valence-electron chi connectivity index (χ2n) is 7.61. The minimum Gasteiger partial charge on any atom is -0.380 e. The second kappa shape index (κ2) is 7.74. The molecule has 1 unspecified atom stereocenters. The summed E-state index contributed by atoms with van der Waals surface area (Å²) in [6, 6.07) is 4.32. The molecule has 0 saturated carbocycles. The number of imide groups is 2. The highest BCUT2D eigenvalue weighted by atomic mass is 16.2. The number of rotatable bonds is 6. The maximum atomic E-state index is 13.1. The zero-order valence-electron chi connectivity index (χ0n) is 16.8. The van der Waals surface area contributed by atoms with E-state index in [1.54, 1.807) is 24.4 Å². The molecule has 2 aliphatic rings. The van der Waals surface area contributed by atoms with Crippen molar-refractivity contribution in [2.24, 2.45) is 0 Å². The number of benzene rings is 1. The smallest absolute Gasteiger partial charge is 0.264 e. The molecule has 0 spiro atoms. The molecule has 9 nitrogen and oxygen atoms in total. The minimum atomic E-state index is -0.975. The first-order valence-corrected chi connectivity index (χ1v) is 10.0. The van der Waals surface area contributed by atoms with Gasteiger partial charge >= 0.3 is 0 Å². The molecule has 2 atom stereocenters. The lowest BCUT2D eigenvalue weighted by atomic mass is 10.0. The number of amides is 4. The van der Waals surface area contributed by atoms with Crippen LogP contribution in [0.3, 0.4) is 0 Å². The van der Waals surface area contributed by atoms with Crippen molar-refractivity contribution in [1.29, 1.82) is 0 Å². The van der Waals surface area contributed by atoms with Gasteiger partial charge < -0.3 is 5.32 Å². The Morgan fingerprint density at radius 3 is 2.77 bits per heavy atom. The largest absolute Gasteiger partial charge is 0.380 e. The van der Waals surface area contributed by atoms with E-state index >= 15 is 0 Å². The number of hydrogen-bond donors (Lipinski definition) is 2. The van der Waals surface area contributed by atoms with Crippen LogP contribution in [0.2, 0.25) is 0 Å². The van der Waals surface area contributed by atoms with Gasteiger partial charge in [0.1, 0.15) is 6.04 Å². The van der Waals surface area contributed by atoms with Gasteiger partial charge in [-0.25, -0.2) is 0 Å². The summed E-state index contributed by atoms with van der Waals surface area (Å²) in [4.78, 5) is 50.5. The molecule has 4 amide bonds. The molecule has 3 heterocycles. The van der Waals surface area contributed by atoms with Gasteiger partial charge in [-0.1, -0.05) is 13.0 Å². The van der Waals surface area contributed by atoms with Crippen LogP contribution in [0.5, 0.6) is 0 Å². The van der Waals surface area contributed by atoms with Gasteiger partial charge in [-0.15, -0.1) is 0 Å². The number of piperidine rings is 1. The molecule has 2 aliphatic heterocycles. The summed E-state index contributed by atoms with van der Waals surface area (Å²) < 4.78 is 1.89. The van der Waals surface area contributed by atoms with Crippen LogP contribution >= 0.6 is 0 Å². The van der Waals surface area contributed by atoms with Crippen molar-refractivity contribution in [3.8, 4) is 0 Å². The highest BCUT2D eigenvalue weighted by molar-refractivity contribution is 6.25. The number of fused-ring (bicyclic) bond motifs is 1. The van der Waals surface area contributed by atoms with Crippen molar-refractivity contribution < 1.29 is 19.2 Å². The molecular weight excluding hydrogens is 386 g/mol. The monoisotopic (exact) mass is 409 g/mol. The van der Waals surface area contributed by atoms with Crippen LogP contribution in [0.25, 0.3) is 0 Å². The van der Waals surface area contributed by atoms with Crippen LogP contribution in [-0.2, 0) is 16.1 Å². The molecular formula is C21H23N5O4. The molecule has 4 rings (SSSR count). The quantitative estimate of drug-likeness (QED) is 0.704. The van der Waals surface area contributed by atoms with E-state index in [0.717, 1.165) is 16.9 Å². The number of anilines is 1. The predicted octanol–water partition coefficient (Wildman–Crippen LogP) is 1.87. The van der Waals surface area contributed by atoms with Crippen molar-refractivity contribution in [3.63, 3.8) is 0 Å². The third-order valence-corrected chi connectivity index (χ3v) is 5.65. The van der Waals surface area contributed by atoms with Gasteiger partial charge in [0, 0.05) is 36.5 Å². The van der Waals surface area contributed by atoms with E-state index in [9.17, 15) is 19.2 Å². The number of hydrogen-bond acceptors (Lipinski definition) is 6. The topological polar surface area (TPSA) is 113 Å². The summed E-state index contributed by atoms with van der Waals surface area (Å²) >= 11 is 0. The van der Waals surface area contributed by atoms with Crippen molar-refractivity contribution in [3.05, 3.63) is 47.3 Å². The molecule has 9 heteroatoms. The number of carbonyl (C=O) groups excluding carboxylic acids is 4. The Balaban J connectivity index is 1.55. The van der Waals surface area contributed by atoms with Crippen LogP contribution < -0.4 is 10.6 Å². The van der Waals surface area contributed by atoms with Gasteiger partial charge in [-0.2, -0.15) is 5.10 Å². The molecule has 1 aromatic carbocycles. The van der Waals surface area contributed by atoms with Crippen LogP contribution in [0.15, 0.2) is 30.6 Å². The van der Waals surface area contributed by atoms with E-state index in [0.29, 0.717) is 18.3 Å². The molecule has 0 aliphatic carbocycles. The SMILES string of the molecule is CC[C@@H](C)n1cc(CNc2cccc3c2C(=O)N(C2CCC(=O)NC2=O)C3=O)cn1. The van der Waals surface area contributed by atoms with Crippen LogP contribution in [-0.4, -0.2) is 44.4 Å². The number of carbonyl (C=O) groups is 4. The summed E-state index contributed by atoms with van der Waals surface area (Å²) in [5.74, 6) is -2.05. The second-order valence-corrected chi connectivity index (χ2v) is 7.61. The minimum absolute atomic E-state index is 0.0924. The Morgan fingerprint density at radius 2 is 2.03 bits per heavy atom. The Hall–Kier alpha value is -3.49. The van der Waals surface area contributed by atoms with Gasteiger partial charge in [0.25, 0.3) is 11.8 Å². The maximum absolute atomic E-state index is 13.1. The molecule has 0 radical (unpaired) electrons. The van der Waals surface area contributed by atoms with Gasteiger partial charge in [0.15, 0.2) is 0 Å². The van der Waals surface area contributed by atoms with Gasteiger partial charge in [-0.3, -0.25) is 34.1 Å². The third-order valence-electron chi connectivity index (χ3n) is 5.65. The Morgan fingerprint density at radius 1 is 1.23 bits per heavy atom. The van der Waals surface area contributed by atoms with E-state index in [1.165, 1.54) is 0 Å². The van der Waals surface area contributed by atoms with E-state index in [2.05, 4.69) is 29.6 Å². The van der Waals surface area contributed by atoms with Gasteiger partial charge in [0.05, 0.1) is 17.3 Å². The van der Waals surface area contributed by atoms with Crippen molar-refractivity contribution in [2.45, 2.75) is 51.7 Å². The van der Waals surface area contributed by atoms with Crippen LogP contribution in [0, 0.1) is 0 Å². The standard InChI is InChI=1S/C21H23N5O4/c1-3-12(2)25-11-13(10-23-25)9-22-15-6-4-5-14-18(15)21(30)26(20(14)29)16-7-8-17(27)24-19(16)28/h4-6,10-12,16,22H,3,7-9H2,1-2H3,(H,24,27,28)/t12-,16?/m1/s1. The zero-order chi connectivity index (χ0) is 21.4. The van der Waals surface area contributed by atoms with Crippen LogP contribution in [0.4, 0.5) is 5.69 Å². The van der Waals surface area contributed by atoms with Crippen molar-refractivity contribution in [2.75, 3.05) is 5.32 Å². The number of nitrogens with zero attached hydrogens (tertiary/aromatic N) is 3. The summed E-state index contributed by atoms with van der Waals surface area (Å²) in [5.41, 5.74) is 1.98. The predicted molar refractivity (Wildman–Crippen MR) is 108 cm³/mol. The highest BCUT2D eigenvalue weighted by Crippen LogP contribution is 2.32. The first-order chi connectivity index (χ1) is 14.4.